The first-order valence-electron chi connectivity index (χ1n) is 7.97. The Balaban J connectivity index is 1.91. The summed E-state index contributed by atoms with van der Waals surface area (Å²) in [6, 6.07) is 12.0. The molecule has 0 spiro atoms. The van der Waals surface area contributed by atoms with E-state index in [4.69, 9.17) is 9.84 Å². The quantitative estimate of drug-likeness (QED) is 0.541. The van der Waals surface area contributed by atoms with E-state index in [1.807, 2.05) is 0 Å². The standard InChI is InChI=1S/C19H13BrN2O6/c20-14-9-11(6-7-15(14)28-10-16(23)24)8-13-17(25)21-19(27)22(18(13)26)12-4-2-1-3-5-12/h1-9H,10H2,(H,23,24)(H,21,25,27)/b13-8-. The number of barbiturate groups is 1. The van der Waals surface area contributed by atoms with E-state index in [0.717, 1.165) is 4.90 Å². The highest BCUT2D eigenvalue weighted by atomic mass is 79.9. The zero-order chi connectivity index (χ0) is 20.3. The summed E-state index contributed by atoms with van der Waals surface area (Å²) in [5, 5.41) is 10.8. The topological polar surface area (TPSA) is 113 Å². The highest BCUT2D eigenvalue weighted by molar-refractivity contribution is 9.10. The number of ether oxygens (including phenoxy) is 1. The predicted molar refractivity (Wildman–Crippen MR) is 103 cm³/mol. The number of carboxylic acid groups (broad SMARTS) is 1. The molecule has 0 unspecified atom stereocenters. The van der Waals surface area contributed by atoms with Gasteiger partial charge >= 0.3 is 12.0 Å². The van der Waals surface area contributed by atoms with Gasteiger partial charge in [0.2, 0.25) is 0 Å². The molecule has 0 aliphatic carbocycles. The summed E-state index contributed by atoms with van der Waals surface area (Å²) in [4.78, 5) is 48.5. The average Bonchev–Trinajstić information content (AvgIpc) is 2.65. The zero-order valence-electron chi connectivity index (χ0n) is 14.2. The Morgan fingerprint density at radius 3 is 2.50 bits per heavy atom. The van der Waals surface area contributed by atoms with E-state index in [1.165, 1.54) is 12.1 Å². The maximum absolute atomic E-state index is 12.8. The number of carbonyl (C=O) groups excluding carboxylic acids is 3. The third-order valence-electron chi connectivity index (χ3n) is 3.73. The molecule has 3 rings (SSSR count). The summed E-state index contributed by atoms with van der Waals surface area (Å²) in [6.45, 7) is -0.506. The van der Waals surface area contributed by atoms with Crippen molar-refractivity contribution in [2.75, 3.05) is 11.5 Å². The number of rotatable bonds is 5. The smallest absolute Gasteiger partial charge is 0.341 e. The molecule has 0 bridgehead atoms. The summed E-state index contributed by atoms with van der Waals surface area (Å²) >= 11 is 3.25. The van der Waals surface area contributed by atoms with Crippen LogP contribution in [0.3, 0.4) is 0 Å². The number of halogens is 1. The molecule has 0 radical (unpaired) electrons. The van der Waals surface area contributed by atoms with Crippen molar-refractivity contribution >= 4 is 51.5 Å². The van der Waals surface area contributed by atoms with Gasteiger partial charge in [-0.15, -0.1) is 0 Å². The van der Waals surface area contributed by atoms with Crippen LogP contribution in [0.5, 0.6) is 5.75 Å². The molecular weight excluding hydrogens is 432 g/mol. The summed E-state index contributed by atoms with van der Waals surface area (Å²) in [5.41, 5.74) is 0.604. The molecule has 1 heterocycles. The SMILES string of the molecule is O=C(O)COc1ccc(/C=C2/C(=O)NC(=O)N(c3ccccc3)C2=O)cc1Br. The summed E-state index contributed by atoms with van der Waals surface area (Å²) in [6.07, 6.45) is 1.34. The lowest BCUT2D eigenvalue weighted by Crippen LogP contribution is -2.54. The summed E-state index contributed by atoms with van der Waals surface area (Å²) in [7, 11) is 0. The number of amides is 4. The number of carbonyl (C=O) groups is 4. The fraction of sp³-hybridized carbons (Fsp3) is 0.0526. The van der Waals surface area contributed by atoms with Gasteiger partial charge < -0.3 is 9.84 Å². The Bertz CT molecular complexity index is 1000. The zero-order valence-corrected chi connectivity index (χ0v) is 15.8. The van der Waals surface area contributed by atoms with E-state index >= 15 is 0 Å². The van der Waals surface area contributed by atoms with Gasteiger partial charge in [-0.05, 0) is 51.8 Å². The van der Waals surface area contributed by atoms with Crippen molar-refractivity contribution in [1.29, 1.82) is 0 Å². The van der Waals surface area contributed by atoms with Gasteiger partial charge in [-0.2, -0.15) is 0 Å². The fourth-order valence-corrected chi connectivity index (χ4v) is 3.01. The van der Waals surface area contributed by atoms with Crippen molar-refractivity contribution in [3.8, 4) is 5.75 Å². The molecule has 1 aliphatic rings. The second kappa shape index (κ2) is 8.05. The van der Waals surface area contributed by atoms with Gasteiger partial charge in [0.05, 0.1) is 10.2 Å². The van der Waals surface area contributed by atoms with E-state index < -0.39 is 30.4 Å². The molecule has 8 nitrogen and oxygen atoms in total. The van der Waals surface area contributed by atoms with Crippen LogP contribution in [0.15, 0.2) is 58.6 Å². The van der Waals surface area contributed by atoms with Gasteiger partial charge in [0.1, 0.15) is 11.3 Å². The summed E-state index contributed by atoms with van der Waals surface area (Å²) in [5.74, 6) is -2.37. The number of benzene rings is 2. The van der Waals surface area contributed by atoms with E-state index in [2.05, 4.69) is 21.2 Å². The second-order valence-electron chi connectivity index (χ2n) is 5.67. The van der Waals surface area contributed by atoms with Gasteiger partial charge in [-0.25, -0.2) is 14.5 Å². The van der Waals surface area contributed by atoms with E-state index in [0.29, 0.717) is 21.5 Å². The van der Waals surface area contributed by atoms with Crippen molar-refractivity contribution in [1.82, 2.24) is 5.32 Å². The normalized spacial score (nSPS) is 15.5. The lowest BCUT2D eigenvalue weighted by atomic mass is 10.1. The molecule has 142 valence electrons. The Kier molecular flexibility index (Phi) is 5.55. The lowest BCUT2D eigenvalue weighted by Gasteiger charge is -2.26. The Morgan fingerprint density at radius 1 is 1.14 bits per heavy atom. The molecule has 1 aliphatic heterocycles. The molecule has 1 fully saturated rings. The maximum Gasteiger partial charge on any atom is 0.341 e. The van der Waals surface area contributed by atoms with Crippen molar-refractivity contribution in [3.05, 3.63) is 64.1 Å². The molecule has 0 atom stereocenters. The third-order valence-corrected chi connectivity index (χ3v) is 4.35. The van der Waals surface area contributed by atoms with Crippen molar-refractivity contribution in [2.24, 2.45) is 0 Å². The number of hydrogen-bond donors (Lipinski definition) is 2. The molecule has 2 N–H and O–H groups in total. The Hall–Kier alpha value is -3.46. The third kappa shape index (κ3) is 4.09. The Labute approximate surface area is 167 Å². The molecule has 2 aromatic carbocycles. The predicted octanol–water partition coefficient (Wildman–Crippen LogP) is 2.58. The number of urea groups is 1. The molecule has 9 heteroatoms. The molecule has 4 amide bonds. The van der Waals surface area contributed by atoms with Crippen LogP contribution in [0.4, 0.5) is 10.5 Å². The van der Waals surface area contributed by atoms with Crippen molar-refractivity contribution in [2.45, 2.75) is 0 Å². The number of imide groups is 2. The van der Waals surface area contributed by atoms with Crippen molar-refractivity contribution in [3.63, 3.8) is 0 Å². The number of nitrogens with zero attached hydrogens (tertiary/aromatic N) is 1. The van der Waals surface area contributed by atoms with Crippen molar-refractivity contribution < 1.29 is 29.0 Å². The van der Waals surface area contributed by atoms with Gasteiger partial charge in [0.25, 0.3) is 11.8 Å². The molecule has 1 saturated heterocycles. The van der Waals surface area contributed by atoms with Gasteiger partial charge in [-0.1, -0.05) is 24.3 Å². The average molecular weight is 445 g/mol. The summed E-state index contributed by atoms with van der Waals surface area (Å²) < 4.78 is 5.56. The maximum atomic E-state index is 12.8. The Morgan fingerprint density at radius 2 is 1.86 bits per heavy atom. The van der Waals surface area contributed by atoms with Crippen LogP contribution >= 0.6 is 15.9 Å². The number of para-hydroxylation sites is 1. The van der Waals surface area contributed by atoms with E-state index in [9.17, 15) is 19.2 Å². The van der Waals surface area contributed by atoms with Crippen LogP contribution in [0.1, 0.15) is 5.56 Å². The molecule has 2 aromatic rings. The highest BCUT2D eigenvalue weighted by Crippen LogP contribution is 2.28. The fourth-order valence-electron chi connectivity index (χ4n) is 2.50. The minimum absolute atomic E-state index is 0.213. The number of anilines is 1. The first-order valence-corrected chi connectivity index (χ1v) is 8.77. The number of aliphatic carboxylic acids is 1. The van der Waals surface area contributed by atoms with Crippen LogP contribution in [-0.4, -0.2) is 35.5 Å². The number of hydrogen-bond acceptors (Lipinski definition) is 5. The highest BCUT2D eigenvalue weighted by Gasteiger charge is 2.36. The largest absolute Gasteiger partial charge is 0.481 e. The molecule has 0 aromatic heterocycles. The minimum Gasteiger partial charge on any atom is -0.481 e. The van der Waals surface area contributed by atoms with Gasteiger partial charge in [0, 0.05) is 0 Å². The van der Waals surface area contributed by atoms with Crippen LogP contribution in [0.25, 0.3) is 6.08 Å². The molecule has 0 saturated carbocycles. The van der Waals surface area contributed by atoms with Crippen LogP contribution in [-0.2, 0) is 14.4 Å². The van der Waals surface area contributed by atoms with Gasteiger partial charge in [0.15, 0.2) is 6.61 Å². The lowest BCUT2D eigenvalue weighted by molar-refractivity contribution is -0.139. The minimum atomic E-state index is -1.12. The molecule has 28 heavy (non-hydrogen) atoms. The van der Waals surface area contributed by atoms with Crippen LogP contribution in [0, 0.1) is 0 Å². The second-order valence-corrected chi connectivity index (χ2v) is 6.52. The molecular formula is C19H13BrN2O6. The number of nitrogens with one attached hydrogen (secondary N) is 1. The van der Waals surface area contributed by atoms with Crippen LogP contribution < -0.4 is 15.0 Å². The van der Waals surface area contributed by atoms with Gasteiger partial charge in [-0.3, -0.25) is 14.9 Å². The first kappa shape index (κ1) is 19.3. The number of carboxylic acids is 1. The monoisotopic (exact) mass is 444 g/mol. The van der Waals surface area contributed by atoms with E-state index in [1.54, 1.807) is 42.5 Å². The first-order chi connectivity index (χ1) is 13.4. The van der Waals surface area contributed by atoms with E-state index in [-0.39, 0.29) is 5.57 Å². The van der Waals surface area contributed by atoms with Crippen LogP contribution in [0.2, 0.25) is 0 Å².